The summed E-state index contributed by atoms with van der Waals surface area (Å²) in [4.78, 5) is 46.8. The SMILES string of the molecule is CC(C)[C@@H](C(=O)N1CC=CC[C@@H]1c1cccnc1)N1C(=O)c2ccccc2C1=O. The second kappa shape index (κ2) is 7.62. The van der Waals surface area contributed by atoms with Crippen LogP contribution in [0.5, 0.6) is 0 Å². The molecule has 0 saturated carbocycles. The summed E-state index contributed by atoms with van der Waals surface area (Å²) < 4.78 is 0. The molecule has 6 heteroatoms. The van der Waals surface area contributed by atoms with Gasteiger partial charge in [-0.25, -0.2) is 0 Å². The van der Waals surface area contributed by atoms with Gasteiger partial charge in [0, 0.05) is 18.9 Å². The van der Waals surface area contributed by atoms with Crippen molar-refractivity contribution < 1.29 is 14.4 Å². The molecule has 29 heavy (non-hydrogen) atoms. The smallest absolute Gasteiger partial charge is 0.262 e. The van der Waals surface area contributed by atoms with Crippen LogP contribution in [0.4, 0.5) is 0 Å². The average molecular weight is 389 g/mol. The van der Waals surface area contributed by atoms with Crippen molar-refractivity contribution in [3.05, 3.63) is 77.6 Å². The summed E-state index contributed by atoms with van der Waals surface area (Å²) in [6, 6.07) is 9.51. The zero-order valence-electron chi connectivity index (χ0n) is 16.5. The quantitative estimate of drug-likeness (QED) is 0.595. The van der Waals surface area contributed by atoms with Crippen LogP contribution in [0.3, 0.4) is 0 Å². The molecule has 0 aliphatic carbocycles. The fourth-order valence-electron chi connectivity index (χ4n) is 4.12. The van der Waals surface area contributed by atoms with E-state index in [2.05, 4.69) is 4.98 Å². The molecule has 1 aromatic heterocycles. The number of benzene rings is 1. The maximum Gasteiger partial charge on any atom is 0.262 e. The van der Waals surface area contributed by atoms with Crippen LogP contribution >= 0.6 is 0 Å². The third-order valence-electron chi connectivity index (χ3n) is 5.54. The summed E-state index contributed by atoms with van der Waals surface area (Å²) in [6.45, 7) is 4.17. The van der Waals surface area contributed by atoms with E-state index in [-0.39, 0.29) is 17.9 Å². The fraction of sp³-hybridized carbons (Fsp3) is 0.304. The molecule has 4 rings (SSSR count). The van der Waals surface area contributed by atoms with Gasteiger partial charge in [-0.2, -0.15) is 0 Å². The largest absolute Gasteiger partial charge is 0.330 e. The van der Waals surface area contributed by atoms with Gasteiger partial charge in [-0.3, -0.25) is 24.3 Å². The lowest BCUT2D eigenvalue weighted by molar-refractivity contribution is -0.139. The highest BCUT2D eigenvalue weighted by Gasteiger charge is 2.46. The van der Waals surface area contributed by atoms with Gasteiger partial charge < -0.3 is 4.90 Å². The van der Waals surface area contributed by atoms with Gasteiger partial charge in [0.05, 0.1) is 17.2 Å². The van der Waals surface area contributed by atoms with Gasteiger partial charge in [-0.1, -0.05) is 44.2 Å². The van der Waals surface area contributed by atoms with Crippen LogP contribution in [-0.4, -0.2) is 45.1 Å². The number of aromatic nitrogens is 1. The molecule has 2 aliphatic rings. The van der Waals surface area contributed by atoms with E-state index in [1.807, 2.05) is 38.1 Å². The van der Waals surface area contributed by atoms with Gasteiger partial charge in [-0.15, -0.1) is 0 Å². The van der Waals surface area contributed by atoms with E-state index < -0.39 is 17.9 Å². The molecule has 0 spiro atoms. The van der Waals surface area contributed by atoms with Crippen LogP contribution in [0.2, 0.25) is 0 Å². The highest BCUT2D eigenvalue weighted by molar-refractivity contribution is 6.22. The van der Waals surface area contributed by atoms with Crippen LogP contribution in [-0.2, 0) is 4.79 Å². The summed E-state index contributed by atoms with van der Waals surface area (Å²) in [5.41, 5.74) is 1.66. The van der Waals surface area contributed by atoms with Crippen molar-refractivity contribution in [3.63, 3.8) is 0 Å². The molecule has 0 saturated heterocycles. The monoisotopic (exact) mass is 389 g/mol. The first kappa shape index (κ1) is 19.1. The van der Waals surface area contributed by atoms with Gasteiger partial charge in [0.25, 0.3) is 11.8 Å². The molecule has 0 unspecified atom stereocenters. The van der Waals surface area contributed by atoms with Gasteiger partial charge in [-0.05, 0) is 36.1 Å². The Morgan fingerprint density at radius 2 is 1.72 bits per heavy atom. The zero-order chi connectivity index (χ0) is 20.5. The zero-order valence-corrected chi connectivity index (χ0v) is 16.5. The number of rotatable bonds is 4. The van der Waals surface area contributed by atoms with Gasteiger partial charge >= 0.3 is 0 Å². The number of carbonyl (C=O) groups is 3. The van der Waals surface area contributed by atoms with Crippen molar-refractivity contribution in [1.82, 2.24) is 14.8 Å². The standard InChI is InChI=1S/C23H23N3O3/c1-15(2)20(26-21(27)17-9-3-4-10-18(17)22(26)28)23(29)25-13-6-5-11-19(25)16-8-7-12-24-14-16/h3-10,12,14-15,19-20H,11,13H2,1-2H3/t19-,20+/m1/s1. The number of nitrogens with zero attached hydrogens (tertiary/aromatic N) is 3. The van der Waals surface area contributed by atoms with E-state index in [1.54, 1.807) is 41.6 Å². The number of fused-ring (bicyclic) bond motifs is 1. The lowest BCUT2D eigenvalue weighted by atomic mass is 9.95. The molecule has 0 fully saturated rings. The minimum Gasteiger partial charge on any atom is -0.330 e. The first-order valence-corrected chi connectivity index (χ1v) is 9.83. The summed E-state index contributed by atoms with van der Waals surface area (Å²) in [5, 5.41) is 0. The molecule has 3 amide bonds. The molecular formula is C23H23N3O3. The predicted molar refractivity (Wildman–Crippen MR) is 108 cm³/mol. The van der Waals surface area contributed by atoms with Gasteiger partial charge in [0.2, 0.25) is 5.91 Å². The molecule has 0 N–H and O–H groups in total. The minimum atomic E-state index is -0.854. The summed E-state index contributed by atoms with van der Waals surface area (Å²) >= 11 is 0. The molecule has 2 atom stereocenters. The number of hydrogen-bond donors (Lipinski definition) is 0. The maximum absolute atomic E-state index is 13.7. The molecule has 1 aromatic carbocycles. The first-order chi connectivity index (χ1) is 14.0. The first-order valence-electron chi connectivity index (χ1n) is 9.83. The Morgan fingerprint density at radius 3 is 2.31 bits per heavy atom. The third-order valence-corrected chi connectivity index (χ3v) is 5.54. The molecule has 0 radical (unpaired) electrons. The normalized spacial score (nSPS) is 19.6. The number of amides is 3. The number of pyridine rings is 1. The Bertz CT molecular complexity index is 949. The van der Waals surface area contributed by atoms with E-state index in [4.69, 9.17) is 0 Å². The Morgan fingerprint density at radius 1 is 1.03 bits per heavy atom. The number of imide groups is 1. The van der Waals surface area contributed by atoms with Crippen molar-refractivity contribution in [2.45, 2.75) is 32.4 Å². The fourth-order valence-corrected chi connectivity index (χ4v) is 4.12. The van der Waals surface area contributed by atoms with E-state index in [1.165, 1.54) is 0 Å². The summed E-state index contributed by atoms with van der Waals surface area (Å²) in [7, 11) is 0. The van der Waals surface area contributed by atoms with Gasteiger partial charge in [0.1, 0.15) is 6.04 Å². The van der Waals surface area contributed by atoms with Crippen molar-refractivity contribution in [2.24, 2.45) is 5.92 Å². The molecular weight excluding hydrogens is 366 g/mol. The average Bonchev–Trinajstić information content (AvgIpc) is 3.00. The van der Waals surface area contributed by atoms with Crippen LogP contribution in [0.1, 0.15) is 52.6 Å². The van der Waals surface area contributed by atoms with E-state index in [0.717, 1.165) is 10.5 Å². The van der Waals surface area contributed by atoms with E-state index in [0.29, 0.717) is 24.1 Å². The van der Waals surface area contributed by atoms with Crippen molar-refractivity contribution in [3.8, 4) is 0 Å². The number of carbonyl (C=O) groups excluding carboxylic acids is 3. The van der Waals surface area contributed by atoms with Crippen LogP contribution in [0.15, 0.2) is 60.9 Å². The van der Waals surface area contributed by atoms with Crippen LogP contribution in [0, 0.1) is 5.92 Å². The van der Waals surface area contributed by atoms with Crippen LogP contribution < -0.4 is 0 Å². The molecule has 3 heterocycles. The highest BCUT2D eigenvalue weighted by atomic mass is 16.2. The Balaban J connectivity index is 1.69. The third kappa shape index (κ3) is 3.24. The summed E-state index contributed by atoms with van der Waals surface area (Å²) in [6.07, 6.45) is 8.13. The Kier molecular flexibility index (Phi) is 5.01. The summed E-state index contributed by atoms with van der Waals surface area (Å²) in [5.74, 6) is -1.23. The van der Waals surface area contributed by atoms with Crippen molar-refractivity contribution >= 4 is 17.7 Å². The molecule has 0 bridgehead atoms. The number of hydrogen-bond acceptors (Lipinski definition) is 4. The van der Waals surface area contributed by atoms with Crippen LogP contribution in [0.25, 0.3) is 0 Å². The Labute approximate surface area is 169 Å². The maximum atomic E-state index is 13.7. The second-order valence-electron chi connectivity index (χ2n) is 7.71. The molecule has 2 aliphatic heterocycles. The lowest BCUT2D eigenvalue weighted by Gasteiger charge is -2.38. The van der Waals surface area contributed by atoms with Crippen molar-refractivity contribution in [2.75, 3.05) is 6.54 Å². The molecule has 6 nitrogen and oxygen atoms in total. The second-order valence-corrected chi connectivity index (χ2v) is 7.71. The molecule has 148 valence electrons. The van der Waals surface area contributed by atoms with E-state index in [9.17, 15) is 14.4 Å². The highest BCUT2D eigenvalue weighted by Crippen LogP contribution is 2.32. The Hall–Kier alpha value is -3.28. The predicted octanol–water partition coefficient (Wildman–Crippen LogP) is 3.23. The van der Waals surface area contributed by atoms with Crippen molar-refractivity contribution in [1.29, 1.82) is 0 Å². The van der Waals surface area contributed by atoms with E-state index >= 15 is 0 Å². The molecule has 2 aromatic rings. The van der Waals surface area contributed by atoms with Gasteiger partial charge in [0.15, 0.2) is 0 Å². The lowest BCUT2D eigenvalue weighted by Crippen LogP contribution is -2.54. The minimum absolute atomic E-state index is 0.169. The topological polar surface area (TPSA) is 70.6 Å².